The average Bonchev–Trinajstić information content (AvgIpc) is 2.84. The molecule has 1 aromatic carbocycles. The van der Waals surface area contributed by atoms with E-state index in [2.05, 4.69) is 51.6 Å². The summed E-state index contributed by atoms with van der Waals surface area (Å²) >= 11 is 0. The van der Waals surface area contributed by atoms with Crippen molar-refractivity contribution in [3.05, 3.63) is 29.8 Å². The van der Waals surface area contributed by atoms with E-state index in [4.69, 9.17) is 4.74 Å². The predicted molar refractivity (Wildman–Crippen MR) is 142 cm³/mol. The fourth-order valence-corrected chi connectivity index (χ4v) is 6.60. The van der Waals surface area contributed by atoms with Crippen LogP contribution >= 0.6 is 24.8 Å². The molecule has 1 aromatic rings. The molecule has 3 saturated heterocycles. The molecule has 5 rings (SSSR count). The van der Waals surface area contributed by atoms with E-state index < -0.39 is 0 Å². The number of hydrogen-bond donors (Lipinski definition) is 2. The molecule has 6 nitrogen and oxygen atoms in total. The number of nitrogens with zero attached hydrogens (tertiary/aromatic N) is 2. The third-order valence-electron chi connectivity index (χ3n) is 8.58. The number of aryl methyl sites for hydroxylation is 1. The van der Waals surface area contributed by atoms with E-state index in [-0.39, 0.29) is 30.2 Å². The zero-order valence-corrected chi connectivity index (χ0v) is 22.1. The lowest BCUT2D eigenvalue weighted by atomic mass is 9.61. The average molecular weight is 514 g/mol. The summed E-state index contributed by atoms with van der Waals surface area (Å²) in [5.41, 5.74) is 2.40. The maximum atomic E-state index is 13.7. The Morgan fingerprint density at radius 1 is 1.09 bits per heavy atom. The number of fused-ring (bicyclic) bond motifs is 1. The molecule has 3 atom stereocenters. The lowest BCUT2D eigenvalue weighted by Crippen LogP contribution is -2.61. The summed E-state index contributed by atoms with van der Waals surface area (Å²) in [6.07, 6.45) is 6.51. The molecule has 0 unspecified atom stereocenters. The van der Waals surface area contributed by atoms with E-state index in [0.29, 0.717) is 23.9 Å². The first-order valence-electron chi connectivity index (χ1n) is 12.8. The summed E-state index contributed by atoms with van der Waals surface area (Å²) in [5.74, 6) is 0.821. The molecule has 0 aromatic heterocycles. The standard InChI is InChI=1S/C26H40N4O2.2ClH/c1-20-3-2-4-23(17-20)29-11-7-22(8-12-29)28-25(31)26-9-5-24(30-13-15-32-16-14-30)18-21(26)6-10-27-19-26;;/h2-4,17,21-22,24,27H,5-16,18-19H2,1H3,(H,28,31);2*1H/t21-,24+,26-;;/m1../s1. The summed E-state index contributed by atoms with van der Waals surface area (Å²) in [6.45, 7) is 9.89. The van der Waals surface area contributed by atoms with E-state index >= 15 is 0 Å². The van der Waals surface area contributed by atoms with Crippen LogP contribution in [0.25, 0.3) is 0 Å². The maximum Gasteiger partial charge on any atom is 0.228 e. The summed E-state index contributed by atoms with van der Waals surface area (Å²) in [6, 6.07) is 9.69. The van der Waals surface area contributed by atoms with Crippen molar-refractivity contribution >= 4 is 36.4 Å². The van der Waals surface area contributed by atoms with Gasteiger partial charge in [0.2, 0.25) is 5.91 Å². The highest BCUT2D eigenvalue weighted by molar-refractivity contribution is 5.85. The highest BCUT2D eigenvalue weighted by Crippen LogP contribution is 2.46. The molecule has 4 aliphatic rings. The van der Waals surface area contributed by atoms with Gasteiger partial charge in [0.25, 0.3) is 0 Å². The number of anilines is 1. The molecule has 2 N–H and O–H groups in total. The number of nitrogens with one attached hydrogen (secondary N) is 2. The third-order valence-corrected chi connectivity index (χ3v) is 8.58. The van der Waals surface area contributed by atoms with Crippen LogP contribution in [-0.4, -0.2) is 75.4 Å². The molecule has 34 heavy (non-hydrogen) atoms. The van der Waals surface area contributed by atoms with E-state index in [1.807, 2.05) is 0 Å². The van der Waals surface area contributed by atoms with Crippen LogP contribution in [0.5, 0.6) is 0 Å². The topological polar surface area (TPSA) is 56.8 Å². The summed E-state index contributed by atoms with van der Waals surface area (Å²) in [4.78, 5) is 18.8. The van der Waals surface area contributed by atoms with E-state index in [1.165, 1.54) is 17.7 Å². The van der Waals surface area contributed by atoms with E-state index in [0.717, 1.165) is 84.6 Å². The van der Waals surface area contributed by atoms with Crippen LogP contribution in [0.15, 0.2) is 24.3 Å². The van der Waals surface area contributed by atoms with Gasteiger partial charge in [-0.3, -0.25) is 9.69 Å². The lowest BCUT2D eigenvalue weighted by molar-refractivity contribution is -0.141. The van der Waals surface area contributed by atoms with Crippen molar-refractivity contribution in [3.63, 3.8) is 0 Å². The van der Waals surface area contributed by atoms with Gasteiger partial charge in [-0.2, -0.15) is 0 Å². The molecule has 3 heterocycles. The molecular formula is C26H42Cl2N4O2. The maximum absolute atomic E-state index is 13.7. The number of benzene rings is 1. The first-order valence-corrected chi connectivity index (χ1v) is 12.8. The zero-order chi connectivity index (χ0) is 22.0. The minimum atomic E-state index is -0.214. The highest BCUT2D eigenvalue weighted by atomic mass is 35.5. The zero-order valence-electron chi connectivity index (χ0n) is 20.5. The second kappa shape index (κ2) is 12.3. The number of carbonyl (C=O) groups is 1. The fourth-order valence-electron chi connectivity index (χ4n) is 6.60. The van der Waals surface area contributed by atoms with Gasteiger partial charge in [0.1, 0.15) is 0 Å². The van der Waals surface area contributed by atoms with Crippen molar-refractivity contribution in [1.29, 1.82) is 0 Å². The Bertz CT molecular complexity index is 799. The molecule has 192 valence electrons. The van der Waals surface area contributed by atoms with Gasteiger partial charge >= 0.3 is 0 Å². The van der Waals surface area contributed by atoms with Crippen LogP contribution in [0, 0.1) is 18.3 Å². The van der Waals surface area contributed by atoms with Crippen LogP contribution in [0.4, 0.5) is 5.69 Å². The normalized spacial score (nSPS) is 30.4. The highest BCUT2D eigenvalue weighted by Gasteiger charge is 2.51. The number of morpholine rings is 1. The van der Waals surface area contributed by atoms with Gasteiger partial charge in [-0.05, 0) is 75.6 Å². The molecule has 8 heteroatoms. The first-order chi connectivity index (χ1) is 15.6. The van der Waals surface area contributed by atoms with Gasteiger partial charge < -0.3 is 20.3 Å². The largest absolute Gasteiger partial charge is 0.379 e. The van der Waals surface area contributed by atoms with Crippen molar-refractivity contribution in [2.45, 2.75) is 57.5 Å². The number of carbonyl (C=O) groups excluding carboxylic acids is 1. The number of rotatable bonds is 4. The quantitative estimate of drug-likeness (QED) is 0.647. The van der Waals surface area contributed by atoms with Crippen molar-refractivity contribution in [2.75, 3.05) is 57.4 Å². The first kappa shape index (κ1) is 27.5. The molecule has 0 spiro atoms. The monoisotopic (exact) mass is 512 g/mol. The number of hydrogen-bond acceptors (Lipinski definition) is 5. The molecule has 4 fully saturated rings. The summed E-state index contributed by atoms with van der Waals surface area (Å²) in [7, 11) is 0. The van der Waals surface area contributed by atoms with Crippen molar-refractivity contribution in [3.8, 4) is 0 Å². The van der Waals surface area contributed by atoms with Gasteiger partial charge in [-0.15, -0.1) is 24.8 Å². The molecule has 0 radical (unpaired) electrons. The van der Waals surface area contributed by atoms with Crippen molar-refractivity contribution in [1.82, 2.24) is 15.5 Å². The van der Waals surface area contributed by atoms with Crippen LogP contribution in [0.3, 0.4) is 0 Å². The minimum absolute atomic E-state index is 0. The molecular weight excluding hydrogens is 471 g/mol. The van der Waals surface area contributed by atoms with Crippen LogP contribution in [0.2, 0.25) is 0 Å². The van der Waals surface area contributed by atoms with Gasteiger partial charge in [0.15, 0.2) is 0 Å². The Balaban J connectivity index is 0.00000162. The van der Waals surface area contributed by atoms with Crippen LogP contribution < -0.4 is 15.5 Å². The Hall–Kier alpha value is -1.05. The Labute approximate surface area is 217 Å². The summed E-state index contributed by atoms with van der Waals surface area (Å²) in [5, 5.41) is 7.09. The van der Waals surface area contributed by atoms with Gasteiger partial charge in [0, 0.05) is 50.5 Å². The summed E-state index contributed by atoms with van der Waals surface area (Å²) < 4.78 is 5.56. The van der Waals surface area contributed by atoms with Gasteiger partial charge in [-0.1, -0.05) is 12.1 Å². The number of piperidine rings is 2. The van der Waals surface area contributed by atoms with E-state index in [1.54, 1.807) is 0 Å². The molecule has 0 bridgehead atoms. The SMILES string of the molecule is Cc1cccc(N2CCC(NC(=O)[C@@]34CC[C@H](N5CCOCC5)C[C@H]3CCNC4)CC2)c1.Cl.Cl. The predicted octanol–water partition coefficient (Wildman–Crippen LogP) is 3.40. The van der Waals surface area contributed by atoms with E-state index in [9.17, 15) is 4.79 Å². The second-order valence-corrected chi connectivity index (χ2v) is 10.5. The van der Waals surface area contributed by atoms with Gasteiger partial charge in [0.05, 0.1) is 18.6 Å². The van der Waals surface area contributed by atoms with Crippen LogP contribution in [0.1, 0.15) is 44.1 Å². The number of amides is 1. The third kappa shape index (κ3) is 5.84. The fraction of sp³-hybridized carbons (Fsp3) is 0.731. The van der Waals surface area contributed by atoms with Crippen LogP contribution in [-0.2, 0) is 9.53 Å². The molecule has 1 amide bonds. The molecule has 1 saturated carbocycles. The smallest absolute Gasteiger partial charge is 0.228 e. The van der Waals surface area contributed by atoms with Crippen molar-refractivity contribution < 1.29 is 9.53 Å². The molecule has 1 aliphatic carbocycles. The Kier molecular flexibility index (Phi) is 9.93. The minimum Gasteiger partial charge on any atom is -0.379 e. The number of halogens is 2. The molecule has 3 aliphatic heterocycles. The van der Waals surface area contributed by atoms with Gasteiger partial charge in [-0.25, -0.2) is 0 Å². The van der Waals surface area contributed by atoms with Crippen molar-refractivity contribution in [2.24, 2.45) is 11.3 Å². The Morgan fingerprint density at radius 2 is 1.85 bits per heavy atom. The lowest BCUT2D eigenvalue weighted by Gasteiger charge is -2.51. The Morgan fingerprint density at radius 3 is 2.59 bits per heavy atom. The second-order valence-electron chi connectivity index (χ2n) is 10.5. The number of ether oxygens (including phenoxy) is 1.